The van der Waals surface area contributed by atoms with Gasteiger partial charge in [0.05, 0.1) is 5.75 Å². The second kappa shape index (κ2) is 11.2. The number of nitrogens with one attached hydrogen (secondary N) is 2. The molecule has 0 unspecified atom stereocenters. The highest BCUT2D eigenvalue weighted by Crippen LogP contribution is 2.04. The normalized spacial score (nSPS) is 12.7. The quantitative estimate of drug-likeness (QED) is 0.204. The summed E-state index contributed by atoms with van der Waals surface area (Å²) in [5.41, 5.74) is 5.26. The van der Waals surface area contributed by atoms with Crippen molar-refractivity contribution in [3.63, 3.8) is 0 Å². The zero-order valence-electron chi connectivity index (χ0n) is 12.6. The van der Waals surface area contributed by atoms with Crippen molar-refractivity contribution in [3.8, 4) is 0 Å². The van der Waals surface area contributed by atoms with Crippen LogP contribution < -0.4 is 16.4 Å². The van der Waals surface area contributed by atoms with E-state index in [4.69, 9.17) is 21.1 Å². The number of nitrogens with two attached hydrogens (primary N) is 1. The molecule has 0 saturated carbocycles. The Morgan fingerprint density at radius 3 is 2.17 bits per heavy atom. The van der Waals surface area contributed by atoms with Crippen molar-refractivity contribution in [2.75, 3.05) is 18.1 Å². The van der Waals surface area contributed by atoms with Crippen molar-refractivity contribution in [1.82, 2.24) is 10.6 Å². The van der Waals surface area contributed by atoms with E-state index in [1.807, 2.05) is 0 Å². The largest absolute Gasteiger partial charge is 0.481 e. The van der Waals surface area contributed by atoms with E-state index in [-0.39, 0.29) is 24.3 Å². The number of amides is 2. The molecular weight excluding hydrogens is 347 g/mol. The van der Waals surface area contributed by atoms with Crippen LogP contribution in [0.1, 0.15) is 12.8 Å². The first kappa shape index (κ1) is 21.7. The standard InChI is InChI=1S/C12H19N3O8S/c13-6(12(22)23)1-2-8(16)15-7(4-24-5-10(19)20)11(21)14-3-9(17)18/h6-7H,1-5,13H2,(H,14,21)(H,15,16)(H,17,18)(H,19,20)(H,22,23)/t6-,7-/m0/s1/i10+1. The topological polar surface area (TPSA) is 196 Å². The third-order valence-corrected chi connectivity index (χ3v) is 3.60. The van der Waals surface area contributed by atoms with Gasteiger partial charge in [-0.15, -0.1) is 11.8 Å². The number of carbonyl (C=O) groups is 5. The van der Waals surface area contributed by atoms with Crippen LogP contribution in [-0.4, -0.2) is 75.2 Å². The number of carboxylic acid groups (broad SMARTS) is 3. The number of carbonyl (C=O) groups excluding carboxylic acids is 2. The monoisotopic (exact) mass is 366 g/mol. The lowest BCUT2D eigenvalue weighted by atomic mass is 10.1. The number of carboxylic acids is 3. The maximum absolute atomic E-state index is 11.8. The summed E-state index contributed by atoms with van der Waals surface area (Å²) >= 11 is 0.862. The van der Waals surface area contributed by atoms with Crippen LogP contribution in [0.3, 0.4) is 0 Å². The zero-order valence-corrected chi connectivity index (χ0v) is 13.4. The second-order valence-electron chi connectivity index (χ2n) is 4.62. The molecule has 0 heterocycles. The van der Waals surface area contributed by atoms with Crippen molar-refractivity contribution < 1.29 is 39.3 Å². The van der Waals surface area contributed by atoms with Crippen LogP contribution in [0.5, 0.6) is 0 Å². The molecule has 0 fully saturated rings. The Labute approximate surface area is 141 Å². The lowest BCUT2D eigenvalue weighted by Crippen LogP contribution is -2.49. The Kier molecular flexibility index (Phi) is 10.1. The zero-order chi connectivity index (χ0) is 18.7. The Hall–Kier alpha value is -2.34. The van der Waals surface area contributed by atoms with Crippen LogP contribution in [0.4, 0.5) is 0 Å². The van der Waals surface area contributed by atoms with Gasteiger partial charge < -0.3 is 31.7 Å². The fourth-order valence-corrected chi connectivity index (χ4v) is 2.17. The van der Waals surface area contributed by atoms with Gasteiger partial charge in [-0.1, -0.05) is 0 Å². The fourth-order valence-electron chi connectivity index (χ4n) is 1.41. The highest BCUT2D eigenvalue weighted by atomic mass is 32.2. The van der Waals surface area contributed by atoms with Crippen molar-refractivity contribution >= 4 is 41.5 Å². The molecule has 12 heteroatoms. The third-order valence-electron chi connectivity index (χ3n) is 2.58. The summed E-state index contributed by atoms with van der Waals surface area (Å²) in [6.45, 7) is -0.654. The molecule has 0 spiro atoms. The van der Waals surface area contributed by atoms with Gasteiger partial charge in [-0.2, -0.15) is 0 Å². The molecule has 0 aromatic heterocycles. The SMILES string of the molecule is N[C@@H](CCC(=O)N[C@@H](CSC[13C](=O)O)C(=O)NCC(=O)O)C(=O)O. The molecule has 24 heavy (non-hydrogen) atoms. The van der Waals surface area contributed by atoms with Gasteiger partial charge in [-0.05, 0) is 6.42 Å². The van der Waals surface area contributed by atoms with Crippen LogP contribution in [0.25, 0.3) is 0 Å². The van der Waals surface area contributed by atoms with Crippen LogP contribution >= 0.6 is 11.8 Å². The molecule has 0 aromatic carbocycles. The fraction of sp³-hybridized carbons (Fsp3) is 0.583. The lowest BCUT2D eigenvalue weighted by molar-refractivity contribution is -0.139. The summed E-state index contributed by atoms with van der Waals surface area (Å²) in [6, 6.07) is -2.38. The van der Waals surface area contributed by atoms with Crippen molar-refractivity contribution in [2.45, 2.75) is 24.9 Å². The molecule has 0 radical (unpaired) electrons. The van der Waals surface area contributed by atoms with Crippen LogP contribution in [0.2, 0.25) is 0 Å². The summed E-state index contributed by atoms with van der Waals surface area (Å²) in [7, 11) is 0. The van der Waals surface area contributed by atoms with E-state index in [0.717, 1.165) is 11.8 Å². The molecule has 0 aliphatic heterocycles. The van der Waals surface area contributed by atoms with Gasteiger partial charge in [0.2, 0.25) is 11.8 Å². The third kappa shape index (κ3) is 10.4. The van der Waals surface area contributed by atoms with Gasteiger partial charge in [0.25, 0.3) is 0 Å². The molecule has 0 saturated heterocycles. The Bertz CT molecular complexity index is 499. The first-order valence-corrected chi connectivity index (χ1v) is 7.85. The molecule has 7 N–H and O–H groups in total. The molecule has 0 aliphatic rings. The molecule has 0 rings (SSSR count). The van der Waals surface area contributed by atoms with Crippen LogP contribution in [0.15, 0.2) is 0 Å². The smallest absolute Gasteiger partial charge is 0.322 e. The Morgan fingerprint density at radius 1 is 1.04 bits per heavy atom. The summed E-state index contributed by atoms with van der Waals surface area (Å²) in [4.78, 5) is 55.0. The molecule has 0 aromatic rings. The minimum atomic E-state index is -1.28. The predicted octanol–water partition coefficient (Wildman–Crippen LogP) is -2.32. The number of hydrogen-bond acceptors (Lipinski definition) is 7. The van der Waals surface area contributed by atoms with E-state index in [0.29, 0.717) is 0 Å². The van der Waals surface area contributed by atoms with Crippen LogP contribution in [-0.2, 0) is 24.0 Å². The van der Waals surface area contributed by atoms with Crippen molar-refractivity contribution in [3.05, 3.63) is 0 Å². The lowest BCUT2D eigenvalue weighted by Gasteiger charge is -2.17. The Morgan fingerprint density at radius 2 is 1.67 bits per heavy atom. The maximum Gasteiger partial charge on any atom is 0.322 e. The second-order valence-corrected chi connectivity index (χ2v) is 5.65. The van der Waals surface area contributed by atoms with Gasteiger partial charge in [0, 0.05) is 12.2 Å². The maximum atomic E-state index is 11.8. The summed E-state index contributed by atoms with van der Waals surface area (Å²) in [6.07, 6.45) is -0.396. The van der Waals surface area contributed by atoms with E-state index in [9.17, 15) is 24.0 Å². The molecule has 136 valence electrons. The van der Waals surface area contributed by atoms with E-state index in [1.165, 1.54) is 0 Å². The Balaban J connectivity index is 4.57. The number of aliphatic carboxylic acids is 3. The minimum absolute atomic E-state index is 0.0888. The van der Waals surface area contributed by atoms with E-state index < -0.39 is 48.4 Å². The van der Waals surface area contributed by atoms with E-state index in [2.05, 4.69) is 10.6 Å². The molecular formula is C12H19N3O8S. The van der Waals surface area contributed by atoms with E-state index >= 15 is 0 Å². The average Bonchev–Trinajstić information content (AvgIpc) is 2.48. The summed E-state index contributed by atoms with van der Waals surface area (Å²) in [5, 5.41) is 30.1. The van der Waals surface area contributed by atoms with Crippen LogP contribution in [0, 0.1) is 0 Å². The van der Waals surface area contributed by atoms with E-state index in [1.54, 1.807) is 0 Å². The van der Waals surface area contributed by atoms with Gasteiger partial charge in [0.15, 0.2) is 0 Å². The van der Waals surface area contributed by atoms with Gasteiger partial charge in [0.1, 0.15) is 18.6 Å². The minimum Gasteiger partial charge on any atom is -0.481 e. The first-order valence-electron chi connectivity index (χ1n) is 6.70. The van der Waals surface area contributed by atoms with Gasteiger partial charge >= 0.3 is 17.9 Å². The van der Waals surface area contributed by atoms with Gasteiger partial charge in [-0.25, -0.2) is 0 Å². The summed E-state index contributed by atoms with van der Waals surface area (Å²) in [5.74, 6) is -5.49. The van der Waals surface area contributed by atoms with Gasteiger partial charge in [-0.3, -0.25) is 24.0 Å². The number of hydrogen-bond donors (Lipinski definition) is 6. The number of thioether (sulfide) groups is 1. The van der Waals surface area contributed by atoms with Crippen molar-refractivity contribution in [1.29, 1.82) is 0 Å². The molecule has 2 atom stereocenters. The highest BCUT2D eigenvalue weighted by molar-refractivity contribution is 8.00. The predicted molar refractivity (Wildman–Crippen MR) is 82.4 cm³/mol. The summed E-state index contributed by atoms with van der Waals surface area (Å²) < 4.78 is 0. The highest BCUT2D eigenvalue weighted by Gasteiger charge is 2.22. The average molecular weight is 366 g/mol. The molecule has 11 nitrogen and oxygen atoms in total. The molecule has 2 amide bonds. The molecule has 0 aliphatic carbocycles. The number of rotatable bonds is 12. The van der Waals surface area contributed by atoms with Crippen molar-refractivity contribution in [2.24, 2.45) is 5.73 Å². The molecule has 0 bridgehead atoms. The first-order chi connectivity index (χ1) is 11.1.